The van der Waals surface area contributed by atoms with Gasteiger partial charge in [-0.1, -0.05) is 25.5 Å². The van der Waals surface area contributed by atoms with Crippen LogP contribution in [0.5, 0.6) is 0 Å². The topological polar surface area (TPSA) is 140 Å². The van der Waals surface area contributed by atoms with Crippen molar-refractivity contribution in [2.24, 2.45) is 28.6 Å². The highest BCUT2D eigenvalue weighted by Crippen LogP contribution is 2.65. The second kappa shape index (κ2) is 9.03. The van der Waals surface area contributed by atoms with Gasteiger partial charge in [0.1, 0.15) is 35.5 Å². The zero-order valence-corrected chi connectivity index (χ0v) is 22.3. The lowest BCUT2D eigenvalue weighted by Crippen LogP contribution is -2.61. The molecule has 0 aromatic heterocycles. The molecule has 0 aromatic rings. The lowest BCUT2D eigenvalue weighted by molar-refractivity contribution is -0.309. The molecular weight excluding hydrogens is 480 g/mol. The van der Waals surface area contributed by atoms with E-state index in [1.807, 2.05) is 0 Å². The van der Waals surface area contributed by atoms with Gasteiger partial charge < -0.3 is 29.5 Å². The first-order valence-electron chi connectivity index (χ1n) is 13.5. The van der Waals surface area contributed by atoms with E-state index in [1.165, 1.54) is 14.0 Å². The summed E-state index contributed by atoms with van der Waals surface area (Å²) in [7, 11) is 1.43. The van der Waals surface area contributed by atoms with Gasteiger partial charge in [0, 0.05) is 37.2 Å². The van der Waals surface area contributed by atoms with E-state index in [2.05, 4.69) is 13.0 Å². The summed E-state index contributed by atoms with van der Waals surface area (Å²) in [6.45, 7) is 6.85. The van der Waals surface area contributed by atoms with Crippen molar-refractivity contribution in [3.8, 4) is 0 Å². The van der Waals surface area contributed by atoms with Gasteiger partial charge in [-0.25, -0.2) is 0 Å². The molecule has 37 heavy (non-hydrogen) atoms. The fourth-order valence-corrected chi connectivity index (χ4v) is 8.52. The molecule has 0 bridgehead atoms. The quantitative estimate of drug-likeness (QED) is 0.471. The number of ether oxygens (including phenoxy) is 3. The predicted molar refractivity (Wildman–Crippen MR) is 130 cm³/mol. The number of allylic oxidation sites excluding steroid dienone is 1. The van der Waals surface area contributed by atoms with E-state index in [0.29, 0.717) is 25.7 Å². The summed E-state index contributed by atoms with van der Waals surface area (Å²) in [6, 6.07) is 0. The third-order valence-electron chi connectivity index (χ3n) is 10.6. The average Bonchev–Trinajstić information content (AvgIpc) is 3.03. The van der Waals surface area contributed by atoms with Crippen LogP contribution in [-0.2, 0) is 28.6 Å². The minimum atomic E-state index is -1.79. The molecule has 0 aromatic carbocycles. The Morgan fingerprint density at radius 2 is 1.78 bits per heavy atom. The lowest BCUT2D eigenvalue weighted by atomic mass is 9.46. The molecule has 3 saturated carbocycles. The fourth-order valence-electron chi connectivity index (χ4n) is 8.52. The Hall–Kier alpha value is -1.49. The minimum absolute atomic E-state index is 0.0161. The van der Waals surface area contributed by atoms with E-state index in [0.717, 1.165) is 5.57 Å². The van der Waals surface area contributed by atoms with Gasteiger partial charge in [-0.05, 0) is 50.9 Å². The number of methoxy groups -OCH3 is 1. The summed E-state index contributed by atoms with van der Waals surface area (Å²) in [5.41, 5.74) is -2.21. The Labute approximate surface area is 217 Å². The van der Waals surface area contributed by atoms with Crippen molar-refractivity contribution in [3.63, 3.8) is 0 Å². The highest BCUT2D eigenvalue weighted by atomic mass is 16.7. The van der Waals surface area contributed by atoms with Crippen molar-refractivity contribution >= 4 is 17.3 Å². The maximum Gasteiger partial charge on any atom is 0.186 e. The van der Waals surface area contributed by atoms with Gasteiger partial charge in [0.15, 0.2) is 12.1 Å². The summed E-state index contributed by atoms with van der Waals surface area (Å²) in [6.07, 6.45) is -0.330. The van der Waals surface area contributed by atoms with Crippen LogP contribution in [0.4, 0.5) is 0 Å². The maximum atomic E-state index is 13.7. The van der Waals surface area contributed by atoms with Crippen LogP contribution in [0.3, 0.4) is 0 Å². The van der Waals surface area contributed by atoms with Crippen molar-refractivity contribution in [3.05, 3.63) is 11.6 Å². The SMILES string of the molecule is CO[C@H]1[C@@H](O)[C@@H](C)O[C@H](O[C@@H]2CC[C@@]3(C)C(=CC[C@@H]4[C@H]3C(=O)C[C@@]3(C)[C@H]4C(=O)C[C@]3(O)C(C)=O)C2)[C@@H]1O. The third kappa shape index (κ3) is 3.76. The Morgan fingerprint density at radius 1 is 1.11 bits per heavy atom. The van der Waals surface area contributed by atoms with Crippen molar-refractivity contribution in [1.82, 2.24) is 0 Å². The molecule has 4 aliphatic carbocycles. The van der Waals surface area contributed by atoms with Crippen molar-refractivity contribution in [2.75, 3.05) is 7.11 Å². The van der Waals surface area contributed by atoms with Crippen LogP contribution in [0.2, 0.25) is 0 Å². The molecule has 0 amide bonds. The minimum Gasteiger partial charge on any atom is -0.388 e. The van der Waals surface area contributed by atoms with Crippen LogP contribution >= 0.6 is 0 Å². The van der Waals surface area contributed by atoms with Crippen LogP contribution < -0.4 is 0 Å². The second-order valence-corrected chi connectivity index (χ2v) is 12.5. The summed E-state index contributed by atoms with van der Waals surface area (Å²) in [5.74, 6) is -1.67. The zero-order chi connectivity index (χ0) is 27.1. The van der Waals surface area contributed by atoms with Gasteiger partial charge in [-0.3, -0.25) is 14.4 Å². The number of carbonyl (C=O) groups is 3. The molecule has 1 aliphatic heterocycles. The molecule has 12 atom stereocenters. The standard InChI is InChI=1S/C28H40O9/c1-13-22(32)24(35-5)23(33)25(36-13)37-16-8-9-26(3)15(10-16)6-7-17-20(26)18(30)11-27(4)21(17)19(31)12-28(27,34)14(2)29/h6,13,16-17,20-25,32-34H,7-12H2,1-5H3/t13-,16-,17-,20+,21-,22+,23-,24+,25-,26+,27+,28+/m1/s1. The molecular formula is C28H40O9. The number of ketones is 3. The molecule has 0 unspecified atom stereocenters. The molecule has 4 fully saturated rings. The number of carbonyl (C=O) groups excluding carboxylic acids is 3. The largest absolute Gasteiger partial charge is 0.388 e. The lowest BCUT2D eigenvalue weighted by Gasteiger charge is -2.57. The van der Waals surface area contributed by atoms with E-state index >= 15 is 0 Å². The van der Waals surface area contributed by atoms with Crippen LogP contribution in [0, 0.1) is 28.6 Å². The van der Waals surface area contributed by atoms with Gasteiger partial charge >= 0.3 is 0 Å². The normalized spacial score (nSPS) is 51.7. The van der Waals surface area contributed by atoms with Crippen molar-refractivity contribution in [1.29, 1.82) is 0 Å². The molecule has 1 heterocycles. The van der Waals surface area contributed by atoms with Gasteiger partial charge in [-0.2, -0.15) is 0 Å². The van der Waals surface area contributed by atoms with E-state index in [4.69, 9.17) is 14.2 Å². The molecule has 1 saturated heterocycles. The molecule has 5 aliphatic rings. The molecule has 9 nitrogen and oxygen atoms in total. The Balaban J connectivity index is 1.37. The van der Waals surface area contributed by atoms with Gasteiger partial charge in [-0.15, -0.1) is 0 Å². The molecule has 206 valence electrons. The summed E-state index contributed by atoms with van der Waals surface area (Å²) in [5, 5.41) is 32.2. The number of Topliss-reactive ketones (excluding diaryl/α,β-unsaturated/α-hetero) is 3. The first kappa shape index (κ1) is 27.1. The average molecular weight is 521 g/mol. The molecule has 5 rings (SSSR count). The molecule has 0 spiro atoms. The van der Waals surface area contributed by atoms with E-state index in [9.17, 15) is 29.7 Å². The van der Waals surface area contributed by atoms with Crippen LogP contribution in [0.15, 0.2) is 11.6 Å². The molecule has 0 radical (unpaired) electrons. The van der Waals surface area contributed by atoms with Gasteiger partial charge in [0.25, 0.3) is 0 Å². The number of hydrogen-bond donors (Lipinski definition) is 3. The number of aliphatic hydroxyl groups excluding tert-OH is 2. The first-order chi connectivity index (χ1) is 17.3. The molecule has 9 heteroatoms. The van der Waals surface area contributed by atoms with Crippen LogP contribution in [-0.4, -0.2) is 82.2 Å². The Kier molecular flexibility index (Phi) is 6.61. The smallest absolute Gasteiger partial charge is 0.186 e. The summed E-state index contributed by atoms with van der Waals surface area (Å²) in [4.78, 5) is 39.4. The van der Waals surface area contributed by atoms with Crippen molar-refractivity contribution < 1.29 is 43.9 Å². The monoisotopic (exact) mass is 520 g/mol. The second-order valence-electron chi connectivity index (χ2n) is 12.5. The van der Waals surface area contributed by atoms with E-state index in [1.54, 1.807) is 13.8 Å². The maximum absolute atomic E-state index is 13.7. The number of hydrogen-bond acceptors (Lipinski definition) is 9. The Morgan fingerprint density at radius 3 is 2.43 bits per heavy atom. The van der Waals surface area contributed by atoms with E-state index in [-0.39, 0.29) is 42.3 Å². The number of aliphatic hydroxyl groups is 3. The fraction of sp³-hybridized carbons (Fsp3) is 0.821. The Bertz CT molecular complexity index is 1020. The number of rotatable bonds is 4. The predicted octanol–water partition coefficient (Wildman–Crippen LogP) is 1.49. The third-order valence-corrected chi connectivity index (χ3v) is 10.6. The summed E-state index contributed by atoms with van der Waals surface area (Å²) < 4.78 is 17.2. The summed E-state index contributed by atoms with van der Waals surface area (Å²) >= 11 is 0. The first-order valence-corrected chi connectivity index (χ1v) is 13.5. The highest BCUT2D eigenvalue weighted by molar-refractivity contribution is 6.01. The van der Waals surface area contributed by atoms with Gasteiger partial charge in [0.05, 0.1) is 12.2 Å². The van der Waals surface area contributed by atoms with Crippen LogP contribution in [0.1, 0.15) is 66.2 Å². The molecule has 3 N–H and O–H groups in total. The van der Waals surface area contributed by atoms with E-state index < -0.39 is 58.8 Å². The number of fused-ring (bicyclic) bond motifs is 5. The highest BCUT2D eigenvalue weighted by Gasteiger charge is 2.70. The van der Waals surface area contributed by atoms with Gasteiger partial charge in [0.2, 0.25) is 0 Å². The van der Waals surface area contributed by atoms with Crippen molar-refractivity contribution in [2.45, 2.75) is 109 Å². The van der Waals surface area contributed by atoms with Crippen LogP contribution in [0.25, 0.3) is 0 Å². The zero-order valence-electron chi connectivity index (χ0n) is 22.3.